The van der Waals surface area contributed by atoms with Crippen molar-refractivity contribution in [2.45, 2.75) is 6.92 Å². The van der Waals surface area contributed by atoms with Crippen LogP contribution in [0.15, 0.2) is 48.5 Å². The molecule has 22 heavy (non-hydrogen) atoms. The van der Waals surface area contributed by atoms with Gasteiger partial charge in [-0.2, -0.15) is 0 Å². The van der Waals surface area contributed by atoms with Crippen molar-refractivity contribution < 1.29 is 4.79 Å². The molecule has 0 fully saturated rings. The Morgan fingerprint density at radius 1 is 1.00 bits per heavy atom. The van der Waals surface area contributed by atoms with E-state index in [-0.39, 0.29) is 11.1 Å². The first-order chi connectivity index (χ1) is 10.6. The van der Waals surface area contributed by atoms with Crippen molar-refractivity contribution >= 4 is 40.0 Å². The molecule has 0 saturated heterocycles. The van der Waals surface area contributed by atoms with Gasteiger partial charge in [0, 0.05) is 11.4 Å². The molecule has 0 radical (unpaired) electrons. The number of rotatable bonds is 2. The largest absolute Gasteiger partial charge is 0.326 e. The van der Waals surface area contributed by atoms with Crippen LogP contribution in [0.4, 0.5) is 16.4 Å². The molecular weight excluding hydrogens is 300 g/mol. The van der Waals surface area contributed by atoms with Gasteiger partial charge >= 0.3 is 6.03 Å². The monoisotopic (exact) mass is 312 g/mol. The fraction of sp³-hybridized carbons (Fsp3) is 0.0625. The summed E-state index contributed by atoms with van der Waals surface area (Å²) >= 11 is 5.84. The fourth-order valence-electron chi connectivity index (χ4n) is 2.12. The summed E-state index contributed by atoms with van der Waals surface area (Å²) in [5, 5.41) is 7.76. The summed E-state index contributed by atoms with van der Waals surface area (Å²) in [6.45, 7) is 1.78. The van der Waals surface area contributed by atoms with Crippen molar-refractivity contribution in [1.29, 1.82) is 0 Å². The second-order valence-corrected chi connectivity index (χ2v) is 5.18. The summed E-state index contributed by atoms with van der Waals surface area (Å²) < 4.78 is 0. The van der Waals surface area contributed by atoms with E-state index in [0.29, 0.717) is 11.4 Å². The molecule has 0 unspecified atom stereocenters. The first-order valence-corrected chi connectivity index (χ1v) is 7.06. The molecule has 0 atom stereocenters. The number of carbonyl (C=O) groups is 1. The van der Waals surface area contributed by atoms with Gasteiger partial charge in [0.05, 0.1) is 0 Å². The molecule has 2 N–H and O–H groups in total. The fourth-order valence-corrected chi connectivity index (χ4v) is 2.35. The van der Waals surface area contributed by atoms with Crippen LogP contribution in [0.25, 0.3) is 10.8 Å². The Hall–Kier alpha value is -2.66. The van der Waals surface area contributed by atoms with Gasteiger partial charge in [0.15, 0.2) is 0 Å². The normalized spacial score (nSPS) is 10.5. The molecule has 3 aromatic rings. The minimum absolute atomic E-state index is 0.170. The van der Waals surface area contributed by atoms with E-state index in [9.17, 15) is 4.79 Å². The number of benzene rings is 2. The average molecular weight is 313 g/mol. The predicted molar refractivity (Wildman–Crippen MR) is 88.4 cm³/mol. The Morgan fingerprint density at radius 3 is 2.55 bits per heavy atom. The van der Waals surface area contributed by atoms with E-state index >= 15 is 0 Å². The van der Waals surface area contributed by atoms with Crippen molar-refractivity contribution in [1.82, 2.24) is 9.97 Å². The number of hydrogen-bond donors (Lipinski definition) is 2. The van der Waals surface area contributed by atoms with Crippen molar-refractivity contribution in [3.05, 3.63) is 59.4 Å². The van der Waals surface area contributed by atoms with Crippen molar-refractivity contribution in [2.24, 2.45) is 0 Å². The number of anilines is 2. The van der Waals surface area contributed by atoms with E-state index in [1.807, 2.05) is 42.5 Å². The van der Waals surface area contributed by atoms with E-state index in [1.165, 1.54) is 0 Å². The highest BCUT2D eigenvalue weighted by Gasteiger charge is 2.07. The van der Waals surface area contributed by atoms with Crippen molar-refractivity contribution in [3.8, 4) is 0 Å². The highest BCUT2D eigenvalue weighted by atomic mass is 35.5. The van der Waals surface area contributed by atoms with Gasteiger partial charge in [-0.25, -0.2) is 14.8 Å². The maximum absolute atomic E-state index is 12.0. The SMILES string of the molecule is Cc1cc(Cl)nc(NC(=O)Nc2ccc3ccccc3c2)n1. The molecule has 2 aromatic carbocycles. The minimum Gasteiger partial charge on any atom is -0.308 e. The molecule has 0 bridgehead atoms. The number of hydrogen-bond acceptors (Lipinski definition) is 3. The molecule has 1 aromatic heterocycles. The maximum Gasteiger partial charge on any atom is 0.326 e. The zero-order valence-corrected chi connectivity index (χ0v) is 12.6. The minimum atomic E-state index is -0.419. The Kier molecular flexibility index (Phi) is 3.89. The smallest absolute Gasteiger partial charge is 0.308 e. The number of fused-ring (bicyclic) bond motifs is 1. The van der Waals surface area contributed by atoms with Crippen molar-refractivity contribution in [2.75, 3.05) is 10.6 Å². The summed E-state index contributed by atoms with van der Waals surface area (Å²) in [5.41, 5.74) is 1.37. The zero-order chi connectivity index (χ0) is 15.5. The highest BCUT2D eigenvalue weighted by molar-refractivity contribution is 6.29. The van der Waals surface area contributed by atoms with Crippen LogP contribution in [0.5, 0.6) is 0 Å². The van der Waals surface area contributed by atoms with E-state index in [0.717, 1.165) is 10.8 Å². The van der Waals surface area contributed by atoms with Crippen LogP contribution in [-0.4, -0.2) is 16.0 Å². The molecule has 1 heterocycles. The van der Waals surface area contributed by atoms with Gasteiger partial charge in [0.25, 0.3) is 0 Å². The number of nitrogens with one attached hydrogen (secondary N) is 2. The van der Waals surface area contributed by atoms with Gasteiger partial charge in [0.2, 0.25) is 5.95 Å². The summed E-state index contributed by atoms with van der Waals surface area (Å²) in [6.07, 6.45) is 0. The number of carbonyl (C=O) groups excluding carboxylic acids is 1. The lowest BCUT2D eigenvalue weighted by Crippen LogP contribution is -2.21. The predicted octanol–water partition coefficient (Wildman–Crippen LogP) is 4.24. The topological polar surface area (TPSA) is 66.9 Å². The van der Waals surface area contributed by atoms with E-state index < -0.39 is 6.03 Å². The molecule has 0 saturated carbocycles. The Balaban J connectivity index is 1.75. The maximum atomic E-state index is 12.0. The van der Waals surface area contributed by atoms with E-state index in [2.05, 4.69) is 20.6 Å². The van der Waals surface area contributed by atoms with Gasteiger partial charge in [-0.3, -0.25) is 5.32 Å². The molecule has 0 spiro atoms. The Labute approximate surface area is 132 Å². The average Bonchev–Trinajstić information content (AvgIpc) is 2.45. The summed E-state index contributed by atoms with van der Waals surface area (Å²) in [7, 11) is 0. The van der Waals surface area contributed by atoms with Gasteiger partial charge in [0.1, 0.15) is 5.15 Å². The van der Waals surface area contributed by atoms with Crippen molar-refractivity contribution in [3.63, 3.8) is 0 Å². The number of urea groups is 1. The zero-order valence-electron chi connectivity index (χ0n) is 11.8. The third-order valence-electron chi connectivity index (χ3n) is 3.06. The molecule has 6 heteroatoms. The molecule has 0 aliphatic rings. The van der Waals surface area contributed by atoms with Gasteiger partial charge < -0.3 is 5.32 Å². The highest BCUT2D eigenvalue weighted by Crippen LogP contribution is 2.19. The van der Waals surface area contributed by atoms with Gasteiger partial charge in [-0.05, 0) is 35.9 Å². The summed E-state index contributed by atoms with van der Waals surface area (Å²) in [6, 6.07) is 14.8. The van der Waals surface area contributed by atoms with Gasteiger partial charge in [-0.15, -0.1) is 0 Å². The third-order valence-corrected chi connectivity index (χ3v) is 3.25. The van der Waals surface area contributed by atoms with Crippen LogP contribution in [0, 0.1) is 6.92 Å². The molecule has 110 valence electrons. The van der Waals surface area contributed by atoms with Crippen LogP contribution < -0.4 is 10.6 Å². The molecule has 5 nitrogen and oxygen atoms in total. The number of nitrogens with zero attached hydrogens (tertiary/aromatic N) is 2. The first-order valence-electron chi connectivity index (χ1n) is 6.68. The number of aryl methyl sites for hydroxylation is 1. The molecule has 2 amide bonds. The van der Waals surface area contributed by atoms with Crippen LogP contribution >= 0.6 is 11.6 Å². The number of halogens is 1. The first kappa shape index (κ1) is 14.3. The van der Waals surface area contributed by atoms with E-state index in [4.69, 9.17) is 11.6 Å². The summed E-state index contributed by atoms with van der Waals surface area (Å²) in [4.78, 5) is 20.0. The second kappa shape index (κ2) is 5.99. The van der Waals surface area contributed by atoms with E-state index in [1.54, 1.807) is 13.0 Å². The quantitative estimate of drug-likeness (QED) is 0.696. The molecule has 0 aliphatic carbocycles. The second-order valence-electron chi connectivity index (χ2n) is 4.80. The lowest BCUT2D eigenvalue weighted by molar-refractivity contribution is 0.262. The van der Waals surface area contributed by atoms with Crippen LogP contribution in [0.2, 0.25) is 5.15 Å². The van der Waals surface area contributed by atoms with Crippen LogP contribution in [0.3, 0.4) is 0 Å². The standard InChI is InChI=1S/C16H13ClN4O/c1-10-8-14(17)20-15(18-10)21-16(22)19-13-7-6-11-4-2-3-5-12(11)9-13/h2-9H,1H3,(H2,18,19,20,21,22). The number of aromatic nitrogens is 2. The summed E-state index contributed by atoms with van der Waals surface area (Å²) in [5.74, 6) is 0.170. The lowest BCUT2D eigenvalue weighted by atomic mass is 10.1. The number of amides is 2. The van der Waals surface area contributed by atoms with Crippen LogP contribution in [-0.2, 0) is 0 Å². The van der Waals surface area contributed by atoms with Crippen LogP contribution in [0.1, 0.15) is 5.69 Å². The third kappa shape index (κ3) is 3.32. The molecule has 3 rings (SSSR count). The molecule has 0 aliphatic heterocycles. The van der Waals surface area contributed by atoms with Gasteiger partial charge in [-0.1, -0.05) is 41.9 Å². The lowest BCUT2D eigenvalue weighted by Gasteiger charge is -2.08. The molecular formula is C16H13ClN4O. The Morgan fingerprint density at radius 2 is 1.77 bits per heavy atom. The Bertz CT molecular complexity index is 830.